The number of carbonyl (C=O) groups is 1. The second-order valence-electron chi connectivity index (χ2n) is 4.62. The maximum absolute atomic E-state index is 10.6. The van der Waals surface area contributed by atoms with E-state index in [0.717, 1.165) is 32.5 Å². The summed E-state index contributed by atoms with van der Waals surface area (Å²) in [6.45, 7) is 10.6. The molecule has 3 heteroatoms. The van der Waals surface area contributed by atoms with Crippen molar-refractivity contribution in [1.82, 2.24) is 10.2 Å². The quantitative estimate of drug-likeness (QED) is 0.677. The molecule has 0 amide bonds. The number of nitrogens with one attached hydrogen (secondary N) is 1. The lowest BCUT2D eigenvalue weighted by atomic mass is 9.99. The lowest BCUT2D eigenvalue weighted by Crippen LogP contribution is -2.54. The highest BCUT2D eigenvalue weighted by atomic mass is 16.1. The third-order valence-electron chi connectivity index (χ3n) is 2.92. The van der Waals surface area contributed by atoms with E-state index in [-0.39, 0.29) is 5.92 Å². The number of carbonyl (C=O) groups excluding carboxylic acids is 1. The summed E-state index contributed by atoms with van der Waals surface area (Å²) in [5.74, 6) is 0.816. The highest BCUT2D eigenvalue weighted by molar-refractivity contribution is 5.53. The molecule has 0 radical (unpaired) electrons. The Morgan fingerprint density at radius 2 is 2.21 bits per heavy atom. The Labute approximate surface area is 86.9 Å². The third kappa shape index (κ3) is 3.07. The minimum absolute atomic E-state index is 0.161. The van der Waals surface area contributed by atoms with Crippen molar-refractivity contribution in [3.8, 4) is 0 Å². The molecule has 0 aromatic heterocycles. The van der Waals surface area contributed by atoms with Gasteiger partial charge in [-0.1, -0.05) is 20.8 Å². The van der Waals surface area contributed by atoms with Gasteiger partial charge in [0, 0.05) is 38.1 Å². The molecule has 1 fully saturated rings. The van der Waals surface area contributed by atoms with Crippen LogP contribution in [-0.4, -0.2) is 43.4 Å². The summed E-state index contributed by atoms with van der Waals surface area (Å²) in [6, 6.07) is 0.589. The summed E-state index contributed by atoms with van der Waals surface area (Å²) >= 11 is 0. The average Bonchev–Trinajstić information content (AvgIpc) is 2.18. The van der Waals surface area contributed by atoms with Crippen LogP contribution in [0.4, 0.5) is 0 Å². The lowest BCUT2D eigenvalue weighted by Gasteiger charge is -2.39. The zero-order valence-corrected chi connectivity index (χ0v) is 9.49. The summed E-state index contributed by atoms with van der Waals surface area (Å²) in [7, 11) is 0. The summed E-state index contributed by atoms with van der Waals surface area (Å²) in [5, 5.41) is 3.41. The van der Waals surface area contributed by atoms with Crippen molar-refractivity contribution in [2.45, 2.75) is 26.8 Å². The lowest BCUT2D eigenvalue weighted by molar-refractivity contribution is -0.111. The fourth-order valence-electron chi connectivity index (χ4n) is 2.06. The van der Waals surface area contributed by atoms with Gasteiger partial charge in [0.05, 0.1) is 0 Å². The van der Waals surface area contributed by atoms with Crippen molar-refractivity contribution in [3.05, 3.63) is 0 Å². The van der Waals surface area contributed by atoms with Crippen molar-refractivity contribution in [1.29, 1.82) is 0 Å². The number of nitrogens with zero attached hydrogens (tertiary/aromatic N) is 1. The van der Waals surface area contributed by atoms with Crippen molar-refractivity contribution >= 4 is 6.29 Å². The van der Waals surface area contributed by atoms with Gasteiger partial charge in [-0.05, 0) is 5.92 Å². The average molecular weight is 198 g/mol. The third-order valence-corrected chi connectivity index (χ3v) is 2.92. The first kappa shape index (κ1) is 11.7. The minimum atomic E-state index is 0.161. The molecule has 1 N–H and O–H groups in total. The summed E-state index contributed by atoms with van der Waals surface area (Å²) in [6.07, 6.45) is 1.05. The van der Waals surface area contributed by atoms with Crippen molar-refractivity contribution in [2.75, 3.05) is 26.2 Å². The molecule has 1 aliphatic heterocycles. The van der Waals surface area contributed by atoms with Gasteiger partial charge in [-0.3, -0.25) is 4.90 Å². The smallest absolute Gasteiger partial charge is 0.124 e. The number of hydrogen-bond acceptors (Lipinski definition) is 3. The van der Waals surface area contributed by atoms with Crippen molar-refractivity contribution in [2.24, 2.45) is 11.8 Å². The monoisotopic (exact) mass is 198 g/mol. The predicted octanol–water partition coefficient (Wildman–Crippen LogP) is 0.751. The van der Waals surface area contributed by atoms with Crippen LogP contribution in [0.1, 0.15) is 20.8 Å². The van der Waals surface area contributed by atoms with Gasteiger partial charge < -0.3 is 10.1 Å². The molecule has 82 valence electrons. The minimum Gasteiger partial charge on any atom is -0.314 e. The van der Waals surface area contributed by atoms with E-state index in [1.807, 2.05) is 6.92 Å². The zero-order chi connectivity index (χ0) is 10.6. The maximum atomic E-state index is 10.6. The van der Waals surface area contributed by atoms with E-state index in [9.17, 15) is 4.79 Å². The van der Waals surface area contributed by atoms with Gasteiger partial charge in [0.1, 0.15) is 6.29 Å². The first-order valence-electron chi connectivity index (χ1n) is 5.55. The summed E-state index contributed by atoms with van der Waals surface area (Å²) in [5.41, 5.74) is 0. The number of rotatable bonds is 4. The van der Waals surface area contributed by atoms with E-state index in [1.54, 1.807) is 0 Å². The Morgan fingerprint density at radius 1 is 1.50 bits per heavy atom. The van der Waals surface area contributed by atoms with E-state index in [0.29, 0.717) is 12.0 Å². The molecule has 3 nitrogen and oxygen atoms in total. The van der Waals surface area contributed by atoms with Crippen LogP contribution in [0, 0.1) is 11.8 Å². The van der Waals surface area contributed by atoms with E-state index in [2.05, 4.69) is 24.1 Å². The SMILES string of the molecule is CC(C=O)CN1CCNCC1C(C)C. The Morgan fingerprint density at radius 3 is 2.79 bits per heavy atom. The van der Waals surface area contributed by atoms with Crippen LogP contribution in [0.3, 0.4) is 0 Å². The molecule has 2 unspecified atom stereocenters. The molecule has 1 rings (SSSR count). The molecule has 1 saturated heterocycles. The van der Waals surface area contributed by atoms with Crippen LogP contribution in [0.2, 0.25) is 0 Å². The zero-order valence-electron chi connectivity index (χ0n) is 9.49. The molecular formula is C11H22N2O. The molecule has 2 atom stereocenters. The molecule has 14 heavy (non-hydrogen) atoms. The number of hydrogen-bond donors (Lipinski definition) is 1. The molecular weight excluding hydrogens is 176 g/mol. The van der Waals surface area contributed by atoms with Gasteiger partial charge in [-0.25, -0.2) is 0 Å². The Hall–Kier alpha value is -0.410. The van der Waals surface area contributed by atoms with Crippen LogP contribution in [-0.2, 0) is 4.79 Å². The van der Waals surface area contributed by atoms with Gasteiger partial charge in [0.2, 0.25) is 0 Å². The standard InChI is InChI=1S/C11H22N2O/c1-9(2)11-6-12-4-5-13(11)7-10(3)8-14/h8-12H,4-7H2,1-3H3. The van der Waals surface area contributed by atoms with Gasteiger partial charge in [0.15, 0.2) is 0 Å². The van der Waals surface area contributed by atoms with Crippen LogP contribution in [0.25, 0.3) is 0 Å². The first-order chi connectivity index (χ1) is 6.65. The molecule has 0 aromatic rings. The van der Waals surface area contributed by atoms with Crippen molar-refractivity contribution in [3.63, 3.8) is 0 Å². The molecule has 0 aromatic carbocycles. The van der Waals surface area contributed by atoms with E-state index >= 15 is 0 Å². The molecule has 1 aliphatic rings. The summed E-state index contributed by atoms with van der Waals surface area (Å²) < 4.78 is 0. The van der Waals surface area contributed by atoms with Crippen LogP contribution < -0.4 is 5.32 Å². The normalized spacial score (nSPS) is 26.4. The Kier molecular flexibility index (Phi) is 4.55. The van der Waals surface area contributed by atoms with Gasteiger partial charge >= 0.3 is 0 Å². The predicted molar refractivity (Wildman–Crippen MR) is 58.3 cm³/mol. The van der Waals surface area contributed by atoms with E-state index < -0.39 is 0 Å². The van der Waals surface area contributed by atoms with Gasteiger partial charge in [0.25, 0.3) is 0 Å². The molecule has 0 aliphatic carbocycles. The van der Waals surface area contributed by atoms with Crippen molar-refractivity contribution < 1.29 is 4.79 Å². The van der Waals surface area contributed by atoms with Gasteiger partial charge in [-0.2, -0.15) is 0 Å². The second kappa shape index (κ2) is 5.47. The van der Waals surface area contributed by atoms with Gasteiger partial charge in [-0.15, -0.1) is 0 Å². The topological polar surface area (TPSA) is 32.3 Å². The van der Waals surface area contributed by atoms with E-state index in [4.69, 9.17) is 0 Å². The summed E-state index contributed by atoms with van der Waals surface area (Å²) in [4.78, 5) is 13.1. The van der Waals surface area contributed by atoms with Crippen LogP contribution in [0.15, 0.2) is 0 Å². The molecule has 1 heterocycles. The fraction of sp³-hybridized carbons (Fsp3) is 0.909. The van der Waals surface area contributed by atoms with E-state index in [1.165, 1.54) is 0 Å². The number of piperazine rings is 1. The molecule has 0 spiro atoms. The number of aldehydes is 1. The Balaban J connectivity index is 2.49. The second-order valence-corrected chi connectivity index (χ2v) is 4.62. The largest absolute Gasteiger partial charge is 0.314 e. The van der Waals surface area contributed by atoms with Crippen LogP contribution in [0.5, 0.6) is 0 Å². The molecule has 0 bridgehead atoms. The maximum Gasteiger partial charge on any atom is 0.124 e. The molecule has 0 saturated carbocycles. The highest BCUT2D eigenvalue weighted by Gasteiger charge is 2.25. The first-order valence-corrected chi connectivity index (χ1v) is 5.55. The fourth-order valence-corrected chi connectivity index (χ4v) is 2.06. The van der Waals surface area contributed by atoms with Crippen LogP contribution >= 0.6 is 0 Å². The highest BCUT2D eigenvalue weighted by Crippen LogP contribution is 2.13. The Bertz CT molecular complexity index is 182.